The van der Waals surface area contributed by atoms with Crippen molar-refractivity contribution in [3.05, 3.63) is 57.0 Å². The number of amides is 2. The molecule has 0 unspecified atom stereocenters. The van der Waals surface area contributed by atoms with E-state index in [1.807, 2.05) is 6.07 Å². The number of nitrogens with one attached hydrogen (secondary N) is 4. The second-order valence-electron chi connectivity index (χ2n) is 8.15. The molecule has 0 spiro atoms. The molecule has 1 aromatic carbocycles. The molecular weight excluding hydrogens is 493 g/mol. The summed E-state index contributed by atoms with van der Waals surface area (Å²) in [6, 6.07) is 5.23. The van der Waals surface area contributed by atoms with Gasteiger partial charge in [-0.1, -0.05) is 29.3 Å². The number of likely N-dealkylation sites (tertiary alicyclic amines) is 1. The number of carboxylic acids is 1. The van der Waals surface area contributed by atoms with Gasteiger partial charge in [-0.15, -0.1) is 0 Å². The van der Waals surface area contributed by atoms with Gasteiger partial charge in [0, 0.05) is 38.3 Å². The lowest BCUT2D eigenvalue weighted by molar-refractivity contribution is -0.141. The lowest BCUT2D eigenvalue weighted by Gasteiger charge is -2.33. The number of nitrogens with zero attached hydrogens (tertiary/aromatic N) is 1. The highest BCUT2D eigenvalue weighted by atomic mass is 35.5. The number of carbonyl (C=O) groups excluding carboxylic acids is 2. The van der Waals surface area contributed by atoms with Crippen LogP contribution in [0.25, 0.3) is 0 Å². The summed E-state index contributed by atoms with van der Waals surface area (Å²) in [6.07, 6.45) is 3.85. The largest absolute Gasteiger partial charge is 0.481 e. The van der Waals surface area contributed by atoms with Crippen LogP contribution in [-0.2, 0) is 20.9 Å². The van der Waals surface area contributed by atoms with Gasteiger partial charge in [0.05, 0.1) is 16.5 Å². The Labute approximate surface area is 215 Å². The zero-order chi connectivity index (χ0) is 26.0. The lowest BCUT2D eigenvalue weighted by atomic mass is 10.0. The normalized spacial score (nSPS) is 15.2. The Morgan fingerprint density at radius 3 is 2.43 bits per heavy atom. The number of aliphatic carboxylic acids is 1. The number of carbonyl (C=O) groups is 3. The number of rotatable bonds is 11. The second kappa shape index (κ2) is 13.7. The first-order valence-corrected chi connectivity index (χ1v) is 12.0. The molecule has 190 valence electrons. The van der Waals surface area contributed by atoms with E-state index in [0.29, 0.717) is 53.9 Å². The van der Waals surface area contributed by atoms with E-state index in [-0.39, 0.29) is 36.4 Å². The van der Waals surface area contributed by atoms with Crippen molar-refractivity contribution in [1.29, 1.82) is 5.41 Å². The average Bonchev–Trinajstić information content (AvgIpc) is 2.85. The second-order valence-corrected chi connectivity index (χ2v) is 8.97. The van der Waals surface area contributed by atoms with Crippen LogP contribution in [-0.4, -0.2) is 53.1 Å². The van der Waals surface area contributed by atoms with Gasteiger partial charge in [-0.3, -0.25) is 14.4 Å². The van der Waals surface area contributed by atoms with Gasteiger partial charge in [0.15, 0.2) is 0 Å². The average molecular weight is 524 g/mol. The number of benzene rings is 1. The smallest absolute Gasteiger partial charge is 0.303 e. The Balaban J connectivity index is 1.95. The summed E-state index contributed by atoms with van der Waals surface area (Å²) in [7, 11) is 0. The molecule has 1 aliphatic rings. The van der Waals surface area contributed by atoms with Crippen molar-refractivity contribution in [2.45, 2.75) is 52.1 Å². The van der Waals surface area contributed by atoms with E-state index < -0.39 is 5.97 Å². The molecule has 2 amide bonds. The summed E-state index contributed by atoms with van der Waals surface area (Å²) >= 11 is 12.0. The number of hydrogen-bond acceptors (Lipinski definition) is 6. The fraction of sp³-hybridized carbons (Fsp3) is 0.417. The molecule has 1 fully saturated rings. The first-order valence-electron chi connectivity index (χ1n) is 11.3. The highest BCUT2D eigenvalue weighted by molar-refractivity contribution is 6.42. The molecule has 1 saturated heterocycles. The SMILES string of the molecule is C/C=C(\NCc1ccc(Cl)c(Cl)c1)NC(=O)/C(NC1CCN(C(=O)CCC(=O)O)CC1)=C(\C)C=N. The van der Waals surface area contributed by atoms with Crippen LogP contribution in [0.3, 0.4) is 0 Å². The Hall–Kier alpha value is -3.04. The molecule has 35 heavy (non-hydrogen) atoms. The minimum absolute atomic E-state index is 0.0186. The third kappa shape index (κ3) is 8.92. The van der Waals surface area contributed by atoms with E-state index >= 15 is 0 Å². The molecule has 0 bridgehead atoms. The minimum Gasteiger partial charge on any atom is -0.481 e. The molecule has 0 saturated carbocycles. The summed E-state index contributed by atoms with van der Waals surface area (Å²) in [4.78, 5) is 37.5. The first-order chi connectivity index (χ1) is 16.6. The standard InChI is InChI=1S/C24H31Cl2N5O4/c1-3-20(28-14-16-4-5-18(25)19(26)12-16)30-24(35)23(15(2)13-27)29-17-8-10-31(11-9-17)21(32)6-7-22(33)34/h3-5,12-13,17,27-29H,6-11,14H2,1-2H3,(H,30,35)(H,33,34)/b20-3+,23-15-,27-13?. The quantitative estimate of drug-likeness (QED) is 0.223. The summed E-state index contributed by atoms with van der Waals surface area (Å²) in [5.41, 5.74) is 1.65. The van der Waals surface area contributed by atoms with Gasteiger partial charge in [-0.25, -0.2) is 0 Å². The number of allylic oxidation sites excluding steroid dienone is 2. The fourth-order valence-corrected chi connectivity index (χ4v) is 3.85. The Morgan fingerprint density at radius 1 is 1.17 bits per heavy atom. The van der Waals surface area contributed by atoms with Crippen LogP contribution < -0.4 is 16.0 Å². The maximum atomic E-state index is 13.0. The third-order valence-electron chi connectivity index (χ3n) is 5.59. The van der Waals surface area contributed by atoms with E-state index in [0.717, 1.165) is 11.8 Å². The maximum Gasteiger partial charge on any atom is 0.303 e. The molecular formula is C24H31Cl2N5O4. The summed E-state index contributed by atoms with van der Waals surface area (Å²) in [5, 5.41) is 26.5. The van der Waals surface area contributed by atoms with Crippen LogP contribution in [0, 0.1) is 5.41 Å². The molecule has 0 radical (unpaired) electrons. The zero-order valence-electron chi connectivity index (χ0n) is 19.8. The monoisotopic (exact) mass is 523 g/mol. The lowest BCUT2D eigenvalue weighted by Crippen LogP contribution is -2.47. The molecule has 11 heteroatoms. The van der Waals surface area contributed by atoms with E-state index in [2.05, 4.69) is 16.0 Å². The minimum atomic E-state index is -0.996. The van der Waals surface area contributed by atoms with Gasteiger partial charge in [0.25, 0.3) is 5.91 Å². The maximum absolute atomic E-state index is 13.0. The fourth-order valence-electron chi connectivity index (χ4n) is 3.53. The molecule has 0 aliphatic carbocycles. The van der Waals surface area contributed by atoms with Crippen LogP contribution in [0.4, 0.5) is 0 Å². The molecule has 2 rings (SSSR count). The molecule has 1 heterocycles. The van der Waals surface area contributed by atoms with Crippen molar-refractivity contribution < 1.29 is 19.5 Å². The Morgan fingerprint density at radius 2 is 1.86 bits per heavy atom. The predicted octanol–water partition coefficient (Wildman–Crippen LogP) is 3.43. The molecule has 1 aliphatic heterocycles. The summed E-state index contributed by atoms with van der Waals surface area (Å²) in [5.74, 6) is -1.07. The van der Waals surface area contributed by atoms with E-state index in [1.165, 1.54) is 0 Å². The molecule has 5 N–H and O–H groups in total. The van der Waals surface area contributed by atoms with Crippen LogP contribution in [0.15, 0.2) is 41.4 Å². The number of halogens is 2. The van der Waals surface area contributed by atoms with Crippen LogP contribution in [0.1, 0.15) is 45.1 Å². The van der Waals surface area contributed by atoms with Crippen LogP contribution in [0.2, 0.25) is 10.0 Å². The molecule has 0 atom stereocenters. The van der Waals surface area contributed by atoms with Gasteiger partial charge in [0.2, 0.25) is 5.91 Å². The van der Waals surface area contributed by atoms with Gasteiger partial charge in [-0.2, -0.15) is 0 Å². The van der Waals surface area contributed by atoms with E-state index in [4.69, 9.17) is 33.7 Å². The zero-order valence-corrected chi connectivity index (χ0v) is 21.3. The van der Waals surface area contributed by atoms with E-state index in [9.17, 15) is 14.4 Å². The Kier molecular flexibility index (Phi) is 11.1. The van der Waals surface area contributed by atoms with Crippen molar-refractivity contribution in [3.8, 4) is 0 Å². The van der Waals surface area contributed by atoms with Gasteiger partial charge in [0.1, 0.15) is 11.5 Å². The van der Waals surface area contributed by atoms with Gasteiger partial charge in [-0.05, 0) is 56.0 Å². The number of hydrogen-bond donors (Lipinski definition) is 5. The van der Waals surface area contributed by atoms with Crippen LogP contribution >= 0.6 is 23.2 Å². The van der Waals surface area contributed by atoms with Crippen molar-refractivity contribution in [2.75, 3.05) is 13.1 Å². The van der Waals surface area contributed by atoms with Crippen molar-refractivity contribution in [2.24, 2.45) is 0 Å². The van der Waals surface area contributed by atoms with E-state index in [1.54, 1.807) is 37.0 Å². The molecule has 0 aromatic heterocycles. The number of piperidine rings is 1. The van der Waals surface area contributed by atoms with Crippen molar-refractivity contribution >= 4 is 47.2 Å². The van der Waals surface area contributed by atoms with Crippen molar-refractivity contribution in [1.82, 2.24) is 20.9 Å². The topological polar surface area (TPSA) is 135 Å². The predicted molar refractivity (Wildman–Crippen MR) is 136 cm³/mol. The summed E-state index contributed by atoms with van der Waals surface area (Å²) < 4.78 is 0. The molecule has 1 aromatic rings. The van der Waals surface area contributed by atoms with Crippen molar-refractivity contribution in [3.63, 3.8) is 0 Å². The highest BCUT2D eigenvalue weighted by Crippen LogP contribution is 2.22. The third-order valence-corrected chi connectivity index (χ3v) is 6.33. The molecule has 9 nitrogen and oxygen atoms in total. The van der Waals surface area contributed by atoms with Gasteiger partial charge < -0.3 is 31.4 Å². The van der Waals surface area contributed by atoms with Crippen LogP contribution in [0.5, 0.6) is 0 Å². The number of carboxylic acid groups (broad SMARTS) is 1. The first kappa shape index (κ1) is 28.2. The Bertz CT molecular complexity index is 1020. The summed E-state index contributed by atoms with van der Waals surface area (Å²) in [6.45, 7) is 4.83. The van der Waals surface area contributed by atoms with Gasteiger partial charge >= 0.3 is 5.97 Å². The highest BCUT2D eigenvalue weighted by Gasteiger charge is 2.25.